The average molecular weight is 252 g/mol. The maximum atomic E-state index is 10.7. The second kappa shape index (κ2) is 8.06. The fourth-order valence-corrected chi connectivity index (χ4v) is 0.883. The molecule has 9 heteroatoms. The number of hydrogen-bond acceptors (Lipinski definition) is 7. The monoisotopic (exact) mass is 252 g/mol. The minimum Gasteiger partial charge on any atom is -0.394 e. The van der Waals surface area contributed by atoms with Crippen LogP contribution in [0.1, 0.15) is 0 Å². The molecule has 0 aromatic heterocycles. The van der Waals surface area contributed by atoms with Crippen molar-refractivity contribution >= 4 is 12.2 Å². The van der Waals surface area contributed by atoms with Crippen LogP contribution in [0.25, 0.3) is 0 Å². The molecule has 0 aliphatic heterocycles. The molecule has 0 aliphatic carbocycles. The van der Waals surface area contributed by atoms with Gasteiger partial charge >= 0.3 is 6.03 Å². The Morgan fingerprint density at radius 2 is 1.76 bits per heavy atom. The summed E-state index contributed by atoms with van der Waals surface area (Å²) in [7, 11) is 0. The number of carbonyl (C=O) groups is 1. The predicted octanol–water partition coefficient (Wildman–Crippen LogP) is -3.85. The number of aliphatic hydroxyl groups is 6. The fourth-order valence-electron chi connectivity index (χ4n) is 0.883. The lowest BCUT2D eigenvalue weighted by atomic mass is 10.0. The van der Waals surface area contributed by atoms with E-state index in [-0.39, 0.29) is 0 Å². The summed E-state index contributed by atoms with van der Waals surface area (Å²) in [6, 6.07) is -0.948. The molecule has 100 valence electrons. The number of carbonyl (C=O) groups excluding carboxylic acids is 1. The first-order valence-electron chi connectivity index (χ1n) is 4.70. The molecule has 0 spiro atoms. The van der Waals surface area contributed by atoms with E-state index in [0.717, 1.165) is 0 Å². The number of aliphatic hydroxyl groups excluding tert-OH is 6. The summed E-state index contributed by atoms with van der Waals surface area (Å²) >= 11 is 0. The van der Waals surface area contributed by atoms with E-state index in [1.807, 2.05) is 5.32 Å². The van der Waals surface area contributed by atoms with Gasteiger partial charge in [0.2, 0.25) is 0 Å². The van der Waals surface area contributed by atoms with Gasteiger partial charge in [-0.15, -0.1) is 0 Å². The third kappa shape index (κ3) is 5.68. The Hall–Kier alpha value is -1.10. The van der Waals surface area contributed by atoms with E-state index in [2.05, 4.69) is 4.99 Å². The van der Waals surface area contributed by atoms with Crippen LogP contribution in [0, 0.1) is 0 Å². The van der Waals surface area contributed by atoms with Gasteiger partial charge in [0, 0.05) is 6.21 Å². The van der Waals surface area contributed by atoms with E-state index in [0.29, 0.717) is 6.21 Å². The molecule has 0 rings (SSSR count). The Morgan fingerprint density at radius 1 is 1.18 bits per heavy atom. The summed E-state index contributed by atoms with van der Waals surface area (Å²) < 4.78 is 0. The molecular weight excluding hydrogens is 236 g/mol. The Morgan fingerprint density at radius 3 is 2.24 bits per heavy atom. The molecule has 0 saturated carbocycles. The summed E-state index contributed by atoms with van der Waals surface area (Å²) in [4.78, 5) is 13.8. The first-order valence-corrected chi connectivity index (χ1v) is 4.70. The van der Waals surface area contributed by atoms with Crippen molar-refractivity contribution in [3.05, 3.63) is 0 Å². The SMILES string of the molecule is O=C(N=CC(O)C(O)C(O)C(O)CO)NCO. The molecule has 0 aromatic carbocycles. The van der Waals surface area contributed by atoms with Gasteiger partial charge in [-0.25, -0.2) is 9.79 Å². The van der Waals surface area contributed by atoms with E-state index in [9.17, 15) is 20.1 Å². The molecule has 0 saturated heterocycles. The van der Waals surface area contributed by atoms with Crippen molar-refractivity contribution in [3.63, 3.8) is 0 Å². The van der Waals surface area contributed by atoms with E-state index in [1.54, 1.807) is 0 Å². The normalized spacial score (nSPS) is 18.7. The maximum Gasteiger partial charge on any atom is 0.342 e. The molecule has 4 unspecified atom stereocenters. The van der Waals surface area contributed by atoms with E-state index in [4.69, 9.17) is 15.3 Å². The Labute approximate surface area is 96.7 Å². The average Bonchev–Trinajstić information content (AvgIpc) is 2.33. The van der Waals surface area contributed by atoms with Crippen molar-refractivity contribution < 1.29 is 35.4 Å². The first-order chi connectivity index (χ1) is 7.93. The van der Waals surface area contributed by atoms with Gasteiger partial charge < -0.3 is 36.0 Å². The van der Waals surface area contributed by atoms with Gasteiger partial charge in [-0.3, -0.25) is 0 Å². The maximum absolute atomic E-state index is 10.7. The van der Waals surface area contributed by atoms with Crippen molar-refractivity contribution in [1.29, 1.82) is 0 Å². The predicted molar refractivity (Wildman–Crippen MR) is 55.2 cm³/mol. The number of nitrogens with one attached hydrogen (secondary N) is 1. The molecule has 9 nitrogen and oxygen atoms in total. The van der Waals surface area contributed by atoms with Crippen LogP contribution in [0.2, 0.25) is 0 Å². The molecule has 4 atom stereocenters. The van der Waals surface area contributed by atoms with E-state index >= 15 is 0 Å². The number of hydrogen-bond donors (Lipinski definition) is 7. The molecular formula is C8H16N2O7. The standard InChI is InChI=1S/C8H16N2O7/c11-2-5(14)7(16)6(15)4(13)1-9-8(17)10-3-12/h1,4-7,11-16H,2-3H2,(H,10,17). The van der Waals surface area contributed by atoms with Crippen LogP contribution < -0.4 is 5.32 Å². The number of urea groups is 1. The lowest BCUT2D eigenvalue weighted by Gasteiger charge is -2.23. The highest BCUT2D eigenvalue weighted by atomic mass is 16.4. The van der Waals surface area contributed by atoms with Gasteiger partial charge in [0.15, 0.2) is 0 Å². The van der Waals surface area contributed by atoms with Gasteiger partial charge in [0.05, 0.1) is 6.61 Å². The summed E-state index contributed by atoms with van der Waals surface area (Å²) in [5, 5.41) is 55.4. The van der Waals surface area contributed by atoms with Gasteiger partial charge in [-0.1, -0.05) is 0 Å². The van der Waals surface area contributed by atoms with Gasteiger partial charge in [-0.05, 0) is 0 Å². The number of amides is 2. The Kier molecular flexibility index (Phi) is 7.54. The van der Waals surface area contributed by atoms with Gasteiger partial charge in [0.1, 0.15) is 31.1 Å². The van der Waals surface area contributed by atoms with Crippen LogP contribution >= 0.6 is 0 Å². The zero-order valence-electron chi connectivity index (χ0n) is 8.84. The summed E-state index contributed by atoms with van der Waals surface area (Å²) in [6.45, 7) is -1.44. The third-order valence-electron chi connectivity index (χ3n) is 1.86. The van der Waals surface area contributed by atoms with Crippen LogP contribution in [0.3, 0.4) is 0 Å². The number of aliphatic imine (C=N–C) groups is 1. The number of rotatable bonds is 6. The molecule has 0 fully saturated rings. The third-order valence-corrected chi connectivity index (χ3v) is 1.86. The van der Waals surface area contributed by atoms with E-state index < -0.39 is 43.8 Å². The Bertz CT molecular complexity index is 260. The highest BCUT2D eigenvalue weighted by Crippen LogP contribution is 2.03. The summed E-state index contributed by atoms with van der Waals surface area (Å²) in [5.41, 5.74) is 0. The lowest BCUT2D eigenvalue weighted by molar-refractivity contribution is -0.0999. The molecule has 17 heavy (non-hydrogen) atoms. The molecule has 0 aliphatic rings. The van der Waals surface area contributed by atoms with Crippen LogP contribution in [-0.2, 0) is 0 Å². The van der Waals surface area contributed by atoms with Crippen molar-refractivity contribution in [2.75, 3.05) is 13.3 Å². The fraction of sp³-hybridized carbons (Fsp3) is 0.750. The highest BCUT2D eigenvalue weighted by molar-refractivity contribution is 5.84. The molecule has 2 amide bonds. The quantitative estimate of drug-likeness (QED) is 0.188. The smallest absolute Gasteiger partial charge is 0.342 e. The molecule has 0 radical (unpaired) electrons. The van der Waals surface area contributed by atoms with Crippen molar-refractivity contribution in [1.82, 2.24) is 5.32 Å². The summed E-state index contributed by atoms with van der Waals surface area (Å²) in [6.07, 6.45) is -6.32. The van der Waals surface area contributed by atoms with Crippen molar-refractivity contribution in [2.45, 2.75) is 24.4 Å². The summed E-state index contributed by atoms with van der Waals surface area (Å²) in [5.74, 6) is 0. The second-order valence-corrected chi connectivity index (χ2v) is 3.14. The highest BCUT2D eigenvalue weighted by Gasteiger charge is 2.29. The zero-order valence-corrected chi connectivity index (χ0v) is 8.84. The minimum atomic E-state index is -1.82. The van der Waals surface area contributed by atoms with Crippen LogP contribution in [-0.4, -0.2) is 80.6 Å². The second-order valence-electron chi connectivity index (χ2n) is 3.14. The Balaban J connectivity index is 4.30. The topological polar surface area (TPSA) is 163 Å². The molecule has 0 aromatic rings. The largest absolute Gasteiger partial charge is 0.394 e. The van der Waals surface area contributed by atoms with Crippen molar-refractivity contribution in [2.24, 2.45) is 4.99 Å². The van der Waals surface area contributed by atoms with Gasteiger partial charge in [-0.2, -0.15) is 0 Å². The van der Waals surface area contributed by atoms with Crippen LogP contribution in [0.5, 0.6) is 0 Å². The van der Waals surface area contributed by atoms with E-state index in [1.165, 1.54) is 0 Å². The molecule has 0 bridgehead atoms. The first kappa shape index (κ1) is 15.9. The zero-order chi connectivity index (χ0) is 13.4. The van der Waals surface area contributed by atoms with Crippen LogP contribution in [0.15, 0.2) is 4.99 Å². The molecule has 7 N–H and O–H groups in total. The van der Waals surface area contributed by atoms with Gasteiger partial charge in [0.25, 0.3) is 0 Å². The van der Waals surface area contributed by atoms with Crippen molar-refractivity contribution in [3.8, 4) is 0 Å². The van der Waals surface area contributed by atoms with Crippen LogP contribution in [0.4, 0.5) is 4.79 Å². The lowest BCUT2D eigenvalue weighted by Crippen LogP contribution is -2.46. The molecule has 0 heterocycles. The minimum absolute atomic E-state index is 0.628. The number of nitrogens with zero attached hydrogens (tertiary/aromatic N) is 1.